The Balaban J connectivity index is 2.26. The molecule has 0 aliphatic carbocycles. The fraction of sp³-hybridized carbons (Fsp3) is 0.500. The van der Waals surface area contributed by atoms with Crippen LogP contribution in [0.1, 0.15) is 24.5 Å². The van der Waals surface area contributed by atoms with E-state index in [2.05, 4.69) is 41.8 Å². The van der Waals surface area contributed by atoms with Gasteiger partial charge in [-0.05, 0) is 32.9 Å². The van der Waals surface area contributed by atoms with Crippen molar-refractivity contribution in [2.24, 2.45) is 0 Å². The number of rotatable bonds is 6. The summed E-state index contributed by atoms with van der Waals surface area (Å²) in [7, 11) is 1.89. The van der Waals surface area contributed by atoms with Gasteiger partial charge in [-0.1, -0.05) is 29.8 Å². The Hall–Kier alpha value is -1.35. The maximum absolute atomic E-state index is 11.6. The van der Waals surface area contributed by atoms with Gasteiger partial charge < -0.3 is 10.6 Å². The normalized spacial score (nSPS) is 12.2. The van der Waals surface area contributed by atoms with Crippen molar-refractivity contribution in [1.82, 2.24) is 10.6 Å². The summed E-state index contributed by atoms with van der Waals surface area (Å²) in [6, 6.07) is 8.64. The Kier molecular flexibility index (Phi) is 5.70. The molecule has 0 heterocycles. The minimum atomic E-state index is 0.118. The van der Waals surface area contributed by atoms with Gasteiger partial charge in [0.15, 0.2) is 0 Å². The molecule has 0 saturated carbocycles. The molecule has 1 rings (SSSR count). The quantitative estimate of drug-likeness (QED) is 0.786. The molecule has 1 aromatic rings. The molecule has 0 aromatic heterocycles. The van der Waals surface area contributed by atoms with E-state index in [1.807, 2.05) is 14.0 Å². The van der Waals surface area contributed by atoms with Gasteiger partial charge in [0.25, 0.3) is 0 Å². The Bertz CT molecular complexity index is 346. The molecule has 3 nitrogen and oxygen atoms in total. The molecule has 1 unspecified atom stereocenters. The summed E-state index contributed by atoms with van der Waals surface area (Å²) in [5.74, 6) is 0.118. The summed E-state index contributed by atoms with van der Waals surface area (Å²) in [5, 5.41) is 6.00. The molecule has 1 aromatic carbocycles. The molecule has 2 N–H and O–H groups in total. The average molecular weight is 234 g/mol. The summed E-state index contributed by atoms with van der Waals surface area (Å²) in [6.07, 6.45) is 1.36. The summed E-state index contributed by atoms with van der Waals surface area (Å²) in [6.45, 7) is 4.79. The van der Waals surface area contributed by atoms with Crippen LogP contribution < -0.4 is 10.6 Å². The zero-order chi connectivity index (χ0) is 12.7. The number of benzene rings is 1. The zero-order valence-corrected chi connectivity index (χ0v) is 10.9. The molecule has 94 valence electrons. The molecular formula is C14H22N2O. The van der Waals surface area contributed by atoms with Crippen molar-refractivity contribution < 1.29 is 4.79 Å². The van der Waals surface area contributed by atoms with E-state index in [9.17, 15) is 4.79 Å². The fourth-order valence-electron chi connectivity index (χ4n) is 1.47. The largest absolute Gasteiger partial charge is 0.355 e. The zero-order valence-electron chi connectivity index (χ0n) is 10.9. The number of hydrogen-bond acceptors (Lipinski definition) is 2. The first-order valence-corrected chi connectivity index (χ1v) is 6.11. The van der Waals surface area contributed by atoms with Crippen LogP contribution in [0.3, 0.4) is 0 Å². The van der Waals surface area contributed by atoms with E-state index in [0.717, 1.165) is 6.42 Å². The summed E-state index contributed by atoms with van der Waals surface area (Å²) in [5.41, 5.74) is 2.47. The van der Waals surface area contributed by atoms with E-state index in [0.29, 0.717) is 19.0 Å². The van der Waals surface area contributed by atoms with E-state index < -0.39 is 0 Å². The number of carbonyl (C=O) groups excluding carboxylic acids is 1. The molecule has 0 aliphatic rings. The fourth-order valence-corrected chi connectivity index (χ4v) is 1.47. The van der Waals surface area contributed by atoms with E-state index in [1.54, 1.807) is 0 Å². The molecule has 1 atom stereocenters. The lowest BCUT2D eigenvalue weighted by Gasteiger charge is -2.11. The van der Waals surface area contributed by atoms with Gasteiger partial charge in [-0.25, -0.2) is 0 Å². The number of likely N-dealkylation sites (N-methyl/N-ethyl adjacent to an activating group) is 1. The van der Waals surface area contributed by atoms with E-state index >= 15 is 0 Å². The van der Waals surface area contributed by atoms with Crippen LogP contribution in [-0.2, 0) is 11.2 Å². The summed E-state index contributed by atoms with van der Waals surface area (Å²) >= 11 is 0. The Morgan fingerprint density at radius 2 is 1.94 bits per heavy atom. The van der Waals surface area contributed by atoms with Crippen molar-refractivity contribution in [3.8, 4) is 0 Å². The smallest absolute Gasteiger partial charge is 0.220 e. The molecule has 1 amide bonds. The first-order chi connectivity index (χ1) is 8.11. The maximum Gasteiger partial charge on any atom is 0.220 e. The third-order valence-electron chi connectivity index (χ3n) is 2.86. The van der Waals surface area contributed by atoms with Gasteiger partial charge in [0.05, 0.1) is 0 Å². The van der Waals surface area contributed by atoms with Gasteiger partial charge in [-0.3, -0.25) is 4.79 Å². The first kappa shape index (κ1) is 13.7. The molecule has 0 bridgehead atoms. The lowest BCUT2D eigenvalue weighted by Crippen LogP contribution is -2.37. The van der Waals surface area contributed by atoms with Gasteiger partial charge >= 0.3 is 0 Å². The monoisotopic (exact) mass is 234 g/mol. The average Bonchev–Trinajstić information content (AvgIpc) is 2.35. The Morgan fingerprint density at radius 1 is 1.29 bits per heavy atom. The highest BCUT2D eigenvalue weighted by Crippen LogP contribution is 2.05. The van der Waals surface area contributed by atoms with Gasteiger partial charge in [0.2, 0.25) is 5.91 Å². The van der Waals surface area contributed by atoms with E-state index in [-0.39, 0.29) is 5.91 Å². The number of hydrogen-bond donors (Lipinski definition) is 2. The summed E-state index contributed by atoms with van der Waals surface area (Å²) < 4.78 is 0. The number of amides is 1. The third-order valence-corrected chi connectivity index (χ3v) is 2.86. The van der Waals surface area contributed by atoms with Crippen LogP contribution in [0.4, 0.5) is 0 Å². The predicted octanol–water partition coefficient (Wildman–Crippen LogP) is 1.65. The van der Waals surface area contributed by atoms with Crippen molar-refractivity contribution in [3.05, 3.63) is 35.4 Å². The molecule has 0 radical (unpaired) electrons. The second-order valence-electron chi connectivity index (χ2n) is 4.48. The number of nitrogens with one attached hydrogen (secondary N) is 2. The van der Waals surface area contributed by atoms with E-state index in [1.165, 1.54) is 11.1 Å². The number of carbonyl (C=O) groups is 1. The van der Waals surface area contributed by atoms with Crippen molar-refractivity contribution in [2.45, 2.75) is 32.7 Å². The highest BCUT2D eigenvalue weighted by Gasteiger charge is 2.04. The third kappa shape index (κ3) is 5.50. The highest BCUT2D eigenvalue weighted by molar-refractivity contribution is 5.76. The van der Waals surface area contributed by atoms with Crippen LogP contribution in [0.5, 0.6) is 0 Å². The van der Waals surface area contributed by atoms with Gasteiger partial charge in [0, 0.05) is 19.0 Å². The SMILES string of the molecule is CNC(C)CNC(=O)CCc1ccc(C)cc1. The standard InChI is InChI=1S/C14H22N2O/c1-11-4-6-13(7-5-11)8-9-14(17)16-10-12(2)15-3/h4-7,12,15H,8-10H2,1-3H3,(H,16,17). The van der Waals surface area contributed by atoms with E-state index in [4.69, 9.17) is 0 Å². The van der Waals surface area contributed by atoms with Crippen molar-refractivity contribution in [3.63, 3.8) is 0 Å². The second-order valence-corrected chi connectivity index (χ2v) is 4.48. The molecule has 0 aliphatic heterocycles. The second kappa shape index (κ2) is 7.07. The molecule has 0 fully saturated rings. The van der Waals surface area contributed by atoms with Gasteiger partial charge in [-0.2, -0.15) is 0 Å². The molecule has 3 heteroatoms. The lowest BCUT2D eigenvalue weighted by atomic mass is 10.1. The molecule has 17 heavy (non-hydrogen) atoms. The van der Waals surface area contributed by atoms with Crippen LogP contribution in [0.2, 0.25) is 0 Å². The topological polar surface area (TPSA) is 41.1 Å². The molecule has 0 saturated heterocycles. The highest BCUT2D eigenvalue weighted by atomic mass is 16.1. The minimum absolute atomic E-state index is 0.118. The van der Waals surface area contributed by atoms with Crippen molar-refractivity contribution in [1.29, 1.82) is 0 Å². The maximum atomic E-state index is 11.6. The van der Waals surface area contributed by atoms with Crippen LogP contribution >= 0.6 is 0 Å². The lowest BCUT2D eigenvalue weighted by molar-refractivity contribution is -0.121. The predicted molar refractivity (Wildman–Crippen MR) is 71.0 cm³/mol. The Morgan fingerprint density at radius 3 is 2.53 bits per heavy atom. The van der Waals surface area contributed by atoms with Crippen LogP contribution in [0.15, 0.2) is 24.3 Å². The van der Waals surface area contributed by atoms with Crippen molar-refractivity contribution in [2.75, 3.05) is 13.6 Å². The van der Waals surface area contributed by atoms with Crippen LogP contribution in [0.25, 0.3) is 0 Å². The first-order valence-electron chi connectivity index (χ1n) is 6.11. The van der Waals surface area contributed by atoms with Crippen LogP contribution in [-0.4, -0.2) is 25.5 Å². The minimum Gasteiger partial charge on any atom is -0.355 e. The molecular weight excluding hydrogens is 212 g/mol. The van der Waals surface area contributed by atoms with Crippen molar-refractivity contribution >= 4 is 5.91 Å². The van der Waals surface area contributed by atoms with Gasteiger partial charge in [-0.15, -0.1) is 0 Å². The van der Waals surface area contributed by atoms with Gasteiger partial charge in [0.1, 0.15) is 0 Å². The summed E-state index contributed by atoms with van der Waals surface area (Å²) in [4.78, 5) is 11.6. The Labute approximate surface area is 104 Å². The molecule has 0 spiro atoms. The number of aryl methyl sites for hydroxylation is 2. The van der Waals surface area contributed by atoms with Crippen LogP contribution in [0, 0.1) is 6.92 Å².